The lowest BCUT2D eigenvalue weighted by atomic mass is 9.80. The fraction of sp³-hybridized carbons (Fsp3) is 0.478. The molecule has 9 nitrogen and oxygen atoms in total. The Bertz CT molecular complexity index is 1020. The molecule has 0 radical (unpaired) electrons. The fourth-order valence-electron chi connectivity index (χ4n) is 4.02. The molecule has 4 N–H and O–H groups in total. The third kappa shape index (κ3) is 5.72. The molecular weight excluding hydrogens is 442 g/mol. The Labute approximate surface area is 199 Å². The summed E-state index contributed by atoms with van der Waals surface area (Å²) in [7, 11) is 2.05. The van der Waals surface area contributed by atoms with Crippen molar-refractivity contribution < 1.29 is 9.95 Å². The molecule has 1 saturated heterocycles. The van der Waals surface area contributed by atoms with Crippen LogP contribution in [0.1, 0.15) is 55.2 Å². The summed E-state index contributed by atoms with van der Waals surface area (Å²) in [6, 6.07) is 7.72. The monoisotopic (exact) mass is 473 g/mol. The van der Waals surface area contributed by atoms with Crippen LogP contribution in [-0.4, -0.2) is 59.8 Å². The zero-order chi connectivity index (χ0) is 24.2. The molecule has 10 heteroatoms. The number of nitrogens with one attached hydrogen (secondary N) is 2. The van der Waals surface area contributed by atoms with Crippen LogP contribution in [0.3, 0.4) is 0 Å². The Morgan fingerprint density at radius 1 is 1.21 bits per heavy atom. The first-order valence-electron chi connectivity index (χ1n) is 11.1. The Balaban J connectivity index is 1.91. The number of rotatable bonds is 7. The predicted octanol–water partition coefficient (Wildman–Crippen LogP) is 1.50. The number of halogens is 1. The van der Waals surface area contributed by atoms with E-state index in [1.807, 2.05) is 41.4 Å². The first kappa shape index (κ1) is 24.7. The number of carbonyl (C=O) groups excluding carboxylic acids is 1. The number of benzene rings is 1. The molecule has 0 spiro atoms. The van der Waals surface area contributed by atoms with Gasteiger partial charge in [-0.2, -0.15) is 4.98 Å². The molecule has 0 atom stereocenters. The first-order valence-corrected chi connectivity index (χ1v) is 11.5. The highest BCUT2D eigenvalue weighted by molar-refractivity contribution is 6.32. The molecular formula is C23H32ClN7O2. The van der Waals surface area contributed by atoms with E-state index in [1.165, 1.54) is 5.56 Å². The molecule has 33 heavy (non-hydrogen) atoms. The molecule has 178 valence electrons. The van der Waals surface area contributed by atoms with Gasteiger partial charge in [0.05, 0.1) is 5.56 Å². The van der Waals surface area contributed by atoms with Crippen molar-refractivity contribution in [1.82, 2.24) is 14.9 Å². The molecule has 0 aliphatic carbocycles. The highest BCUT2D eigenvalue weighted by atomic mass is 35.5. The quantitative estimate of drug-likeness (QED) is 0.241. The van der Waals surface area contributed by atoms with Crippen LogP contribution in [0.5, 0.6) is 0 Å². The number of anilines is 2. The van der Waals surface area contributed by atoms with Crippen molar-refractivity contribution in [3.63, 3.8) is 0 Å². The van der Waals surface area contributed by atoms with Crippen LogP contribution in [0.4, 0.5) is 11.6 Å². The summed E-state index contributed by atoms with van der Waals surface area (Å²) in [6.45, 7) is 9.67. The Hall–Kier alpha value is -2.91. The Kier molecular flexibility index (Phi) is 7.76. The standard InChI is InChI=1S/C23H32ClN7O2/c1-5-10-23(2,3)16-8-6-15(7-9-16)20(29-33)27-21-17(19(25)32)26-18(24)22(28-21)31-13-11-30(4)12-14-31/h6-9H,5,10-14H2,1-4H3,(H4-,25,26,27,28,29,32,33). The van der Waals surface area contributed by atoms with E-state index < -0.39 is 5.91 Å². The van der Waals surface area contributed by atoms with E-state index in [-0.39, 0.29) is 27.9 Å². The van der Waals surface area contributed by atoms with Crippen molar-refractivity contribution in [2.24, 2.45) is 5.73 Å². The van der Waals surface area contributed by atoms with Gasteiger partial charge in [-0.25, -0.2) is 10.3 Å². The lowest BCUT2D eigenvalue weighted by Gasteiger charge is -2.33. The second-order valence-electron chi connectivity index (χ2n) is 9.00. The van der Waals surface area contributed by atoms with Gasteiger partial charge in [-0.3, -0.25) is 9.95 Å². The van der Waals surface area contributed by atoms with Gasteiger partial charge >= 0.3 is 0 Å². The van der Waals surface area contributed by atoms with Crippen LogP contribution in [0.2, 0.25) is 5.15 Å². The molecule has 1 aliphatic heterocycles. The van der Waals surface area contributed by atoms with Gasteiger partial charge in [-0.1, -0.05) is 50.9 Å². The maximum Gasteiger partial charge on any atom is 0.284 e. The third-order valence-electron chi connectivity index (χ3n) is 6.05. The zero-order valence-corrected chi connectivity index (χ0v) is 20.4. The molecule has 1 fully saturated rings. The summed E-state index contributed by atoms with van der Waals surface area (Å²) < 4.78 is 0. The normalized spacial score (nSPS) is 15.5. The number of hydrogen-bond donors (Lipinski definition) is 3. The van der Waals surface area contributed by atoms with Gasteiger partial charge in [0.2, 0.25) is 0 Å². The van der Waals surface area contributed by atoms with Crippen molar-refractivity contribution in [3.8, 4) is 0 Å². The molecule has 1 aromatic carbocycles. The smallest absolute Gasteiger partial charge is 0.284 e. The van der Waals surface area contributed by atoms with E-state index in [1.54, 1.807) is 0 Å². The van der Waals surface area contributed by atoms with E-state index in [2.05, 4.69) is 41.0 Å². The number of piperazine rings is 1. The maximum atomic E-state index is 12.0. The van der Waals surface area contributed by atoms with Crippen molar-refractivity contribution in [3.05, 3.63) is 51.4 Å². The summed E-state index contributed by atoms with van der Waals surface area (Å²) in [5, 5.41) is 16.8. The van der Waals surface area contributed by atoms with Crippen LogP contribution in [0, 0.1) is 5.21 Å². The summed E-state index contributed by atoms with van der Waals surface area (Å²) >= 11 is 6.34. The second-order valence-corrected chi connectivity index (χ2v) is 9.36. The van der Waals surface area contributed by atoms with E-state index in [9.17, 15) is 10.0 Å². The molecule has 2 aromatic rings. The fourth-order valence-corrected chi connectivity index (χ4v) is 4.26. The van der Waals surface area contributed by atoms with E-state index in [0.29, 0.717) is 24.5 Å². The van der Waals surface area contributed by atoms with Gasteiger partial charge in [0.25, 0.3) is 17.6 Å². The maximum absolute atomic E-state index is 12.0. The van der Waals surface area contributed by atoms with Crippen molar-refractivity contribution >= 4 is 35.0 Å². The number of primary amides is 1. The van der Waals surface area contributed by atoms with Crippen LogP contribution >= 0.6 is 11.6 Å². The largest absolute Gasteiger partial charge is 0.717 e. The van der Waals surface area contributed by atoms with Gasteiger partial charge in [-0.15, -0.1) is 0 Å². The highest BCUT2D eigenvalue weighted by Crippen LogP contribution is 2.29. The zero-order valence-electron chi connectivity index (χ0n) is 19.6. The van der Waals surface area contributed by atoms with Crippen LogP contribution < -0.4 is 21.1 Å². The number of nitrogens with zero attached hydrogens (tertiary/aromatic N) is 4. The highest BCUT2D eigenvalue weighted by Gasteiger charge is 2.26. The molecule has 0 unspecified atom stereocenters. The summed E-state index contributed by atoms with van der Waals surface area (Å²) in [6.07, 6.45) is 2.13. The number of carbonyl (C=O) groups is 1. The van der Waals surface area contributed by atoms with Gasteiger partial charge in [0.15, 0.2) is 16.7 Å². The van der Waals surface area contributed by atoms with Gasteiger partial charge in [0, 0.05) is 26.2 Å². The van der Waals surface area contributed by atoms with Gasteiger partial charge in [-0.05, 0) is 36.6 Å². The van der Waals surface area contributed by atoms with Crippen molar-refractivity contribution in [2.45, 2.75) is 39.0 Å². The molecule has 0 saturated carbocycles. The van der Waals surface area contributed by atoms with Crippen molar-refractivity contribution in [1.29, 1.82) is 0 Å². The Morgan fingerprint density at radius 2 is 1.85 bits per heavy atom. The number of likely N-dealkylation sites (N-methyl/N-ethyl adjacent to an activating group) is 1. The molecule has 3 rings (SSSR count). The second kappa shape index (κ2) is 10.4. The summed E-state index contributed by atoms with van der Waals surface area (Å²) in [4.78, 5) is 24.9. The van der Waals surface area contributed by atoms with E-state index in [4.69, 9.17) is 17.3 Å². The van der Waals surface area contributed by atoms with Gasteiger partial charge in [0.1, 0.15) is 0 Å². The number of amidine groups is 1. The summed E-state index contributed by atoms with van der Waals surface area (Å²) in [5.41, 5.74) is 7.21. The average Bonchev–Trinajstić information content (AvgIpc) is 2.78. The number of amides is 1. The van der Waals surface area contributed by atoms with Crippen molar-refractivity contribution in [2.75, 3.05) is 43.4 Å². The van der Waals surface area contributed by atoms with E-state index in [0.717, 1.165) is 25.9 Å². The molecule has 1 amide bonds. The van der Waals surface area contributed by atoms with E-state index >= 15 is 0 Å². The first-order chi connectivity index (χ1) is 15.7. The van der Waals surface area contributed by atoms with Crippen LogP contribution in [0.25, 0.3) is 0 Å². The number of aromatic nitrogens is 2. The molecule has 0 bridgehead atoms. The minimum Gasteiger partial charge on any atom is -0.717 e. The minimum atomic E-state index is -0.793. The van der Waals surface area contributed by atoms with Crippen LogP contribution in [0.15, 0.2) is 24.3 Å². The lowest BCUT2D eigenvalue weighted by Crippen LogP contribution is -2.68. The lowest BCUT2D eigenvalue weighted by molar-refractivity contribution is -0.372. The number of hydrogen-bond acceptors (Lipinski definition) is 6. The molecule has 1 aromatic heterocycles. The third-order valence-corrected chi connectivity index (χ3v) is 6.30. The summed E-state index contributed by atoms with van der Waals surface area (Å²) in [5.74, 6) is -0.134. The number of nitrogens with two attached hydrogens (primary N) is 1. The molecule has 2 heterocycles. The van der Waals surface area contributed by atoms with Gasteiger partial charge < -0.3 is 20.7 Å². The SMILES string of the molecule is CCCC(C)(C)c1ccc(/C(Nc2nc(N3CCN(C)CC3)c(Cl)nc2C(N)=O)=[NH+]/[O-])cc1. The predicted molar refractivity (Wildman–Crippen MR) is 132 cm³/mol. The topological polar surface area (TPSA) is 124 Å². The minimum absolute atomic E-state index is 0.0317. The van der Waals surface area contributed by atoms with Crippen LogP contribution in [-0.2, 0) is 5.41 Å². The average molecular weight is 474 g/mol. The molecule has 1 aliphatic rings. The Morgan fingerprint density at radius 3 is 2.39 bits per heavy atom.